The molecular weight excluding hydrogens is 345 g/mol. The van der Waals surface area contributed by atoms with Crippen LogP contribution < -0.4 is 10.6 Å². The van der Waals surface area contributed by atoms with E-state index in [4.69, 9.17) is 0 Å². The highest BCUT2D eigenvalue weighted by Crippen LogP contribution is 2.27. The van der Waals surface area contributed by atoms with Gasteiger partial charge >= 0.3 is 0 Å². The number of sulfonamides is 1. The average molecular weight is 361 g/mol. The minimum Gasteiger partial charge on any atom is -0.342 e. The fourth-order valence-electron chi connectivity index (χ4n) is 2.47. The standard InChI is InChI=1S/C17H16FN3O3S/c18-12-6-1-2-7-13(12)20-17(22)11-5-10-16-19-14-8-3-4-9-15(14)25(23,24)21-16/h1-4,6-9H,5,10-11H2,(H,19,21)(H,20,22). The van der Waals surface area contributed by atoms with Crippen LogP contribution in [0.1, 0.15) is 19.3 Å². The zero-order valence-corrected chi connectivity index (χ0v) is 14.0. The van der Waals surface area contributed by atoms with Gasteiger partial charge in [0.2, 0.25) is 5.91 Å². The number of nitrogens with zero attached hydrogens (tertiary/aromatic N) is 1. The summed E-state index contributed by atoms with van der Waals surface area (Å²) in [4.78, 5) is 12.0. The third-order valence-corrected chi connectivity index (χ3v) is 5.01. The number of anilines is 2. The summed E-state index contributed by atoms with van der Waals surface area (Å²) in [5.74, 6) is -0.556. The molecule has 3 rings (SSSR count). The molecule has 0 saturated heterocycles. The first-order valence-electron chi connectivity index (χ1n) is 7.70. The second kappa shape index (κ2) is 7.02. The monoisotopic (exact) mass is 361 g/mol. The molecule has 2 aromatic rings. The molecule has 2 N–H and O–H groups in total. The van der Waals surface area contributed by atoms with Crippen molar-refractivity contribution < 1.29 is 17.6 Å². The molecule has 1 amide bonds. The molecule has 0 unspecified atom stereocenters. The predicted octanol–water partition coefficient (Wildman–Crippen LogP) is 3.15. The highest BCUT2D eigenvalue weighted by Gasteiger charge is 2.23. The zero-order chi connectivity index (χ0) is 17.9. The number of carbonyl (C=O) groups is 1. The molecule has 0 aliphatic carbocycles. The van der Waals surface area contributed by atoms with E-state index in [1.54, 1.807) is 24.3 Å². The molecule has 0 bridgehead atoms. The summed E-state index contributed by atoms with van der Waals surface area (Å²) in [6, 6.07) is 12.4. The van der Waals surface area contributed by atoms with Gasteiger partial charge < -0.3 is 10.6 Å². The summed E-state index contributed by atoms with van der Waals surface area (Å²) in [6.45, 7) is 0. The Morgan fingerprint density at radius 2 is 1.84 bits per heavy atom. The van der Waals surface area contributed by atoms with Gasteiger partial charge in [0.05, 0.1) is 11.4 Å². The van der Waals surface area contributed by atoms with Crippen LogP contribution >= 0.6 is 0 Å². The number of para-hydroxylation sites is 2. The van der Waals surface area contributed by atoms with Crippen LogP contribution in [0.25, 0.3) is 0 Å². The van der Waals surface area contributed by atoms with Crippen LogP contribution in [0.4, 0.5) is 15.8 Å². The Balaban J connectivity index is 1.57. The first-order chi connectivity index (χ1) is 12.0. The molecule has 0 fully saturated rings. The molecule has 0 radical (unpaired) electrons. The second-order valence-corrected chi connectivity index (χ2v) is 7.09. The van der Waals surface area contributed by atoms with E-state index in [0.29, 0.717) is 12.1 Å². The lowest BCUT2D eigenvalue weighted by atomic mass is 10.2. The molecule has 6 nitrogen and oxygen atoms in total. The molecule has 1 aliphatic rings. The highest BCUT2D eigenvalue weighted by atomic mass is 32.2. The fraction of sp³-hybridized carbons (Fsp3) is 0.176. The normalized spacial score (nSPS) is 14.8. The molecule has 1 aliphatic heterocycles. The van der Waals surface area contributed by atoms with E-state index in [1.165, 1.54) is 24.3 Å². The molecule has 0 saturated carbocycles. The Hall–Kier alpha value is -2.74. The Morgan fingerprint density at radius 1 is 1.12 bits per heavy atom. The van der Waals surface area contributed by atoms with Gasteiger partial charge in [0.15, 0.2) is 0 Å². The molecule has 130 valence electrons. The third-order valence-electron chi connectivity index (χ3n) is 3.64. The van der Waals surface area contributed by atoms with E-state index >= 15 is 0 Å². The number of amidine groups is 1. The lowest BCUT2D eigenvalue weighted by Gasteiger charge is -2.17. The van der Waals surface area contributed by atoms with Crippen molar-refractivity contribution in [2.75, 3.05) is 10.6 Å². The minimum atomic E-state index is -3.72. The van der Waals surface area contributed by atoms with E-state index in [0.717, 1.165) is 0 Å². The van der Waals surface area contributed by atoms with Crippen molar-refractivity contribution in [2.45, 2.75) is 24.2 Å². The van der Waals surface area contributed by atoms with E-state index in [1.807, 2.05) is 0 Å². The first-order valence-corrected chi connectivity index (χ1v) is 9.14. The molecule has 0 aromatic heterocycles. The maximum Gasteiger partial charge on any atom is 0.286 e. The summed E-state index contributed by atoms with van der Waals surface area (Å²) in [5, 5.41) is 5.45. The van der Waals surface area contributed by atoms with Crippen LogP contribution in [-0.4, -0.2) is 20.2 Å². The number of halogens is 1. The summed E-state index contributed by atoms with van der Waals surface area (Å²) in [5.41, 5.74) is 0.598. The number of nitrogens with one attached hydrogen (secondary N) is 2. The van der Waals surface area contributed by atoms with Gasteiger partial charge in [-0.1, -0.05) is 24.3 Å². The van der Waals surface area contributed by atoms with Gasteiger partial charge in [0, 0.05) is 12.8 Å². The SMILES string of the molecule is O=C(CCCC1=NS(=O)(=O)c2ccccc2N1)Nc1ccccc1F. The maximum absolute atomic E-state index is 13.5. The predicted molar refractivity (Wildman–Crippen MR) is 93.6 cm³/mol. The van der Waals surface area contributed by atoms with Gasteiger partial charge in [-0.15, -0.1) is 4.40 Å². The van der Waals surface area contributed by atoms with E-state index in [2.05, 4.69) is 15.0 Å². The molecule has 8 heteroatoms. The van der Waals surface area contributed by atoms with Crippen molar-refractivity contribution in [2.24, 2.45) is 4.40 Å². The summed E-state index contributed by atoms with van der Waals surface area (Å²) >= 11 is 0. The number of hydrogen-bond donors (Lipinski definition) is 2. The Morgan fingerprint density at radius 3 is 2.64 bits per heavy atom. The molecule has 2 aromatic carbocycles. The molecule has 0 atom stereocenters. The first kappa shape index (κ1) is 17.1. The lowest BCUT2D eigenvalue weighted by Crippen LogP contribution is -2.22. The molecule has 0 spiro atoms. The minimum absolute atomic E-state index is 0.122. The fourth-order valence-corrected chi connectivity index (χ4v) is 3.64. The number of fused-ring (bicyclic) bond motifs is 1. The van der Waals surface area contributed by atoms with Crippen LogP contribution in [0.5, 0.6) is 0 Å². The van der Waals surface area contributed by atoms with Crippen LogP contribution in [0.3, 0.4) is 0 Å². The van der Waals surface area contributed by atoms with Crippen LogP contribution in [0, 0.1) is 5.82 Å². The van der Waals surface area contributed by atoms with Crippen LogP contribution in [0.2, 0.25) is 0 Å². The number of hydrogen-bond acceptors (Lipinski definition) is 4. The number of amides is 1. The van der Waals surface area contributed by atoms with E-state index in [-0.39, 0.29) is 35.2 Å². The van der Waals surface area contributed by atoms with E-state index < -0.39 is 15.8 Å². The van der Waals surface area contributed by atoms with Crippen molar-refractivity contribution in [3.05, 3.63) is 54.3 Å². The third kappa shape index (κ3) is 4.03. The van der Waals surface area contributed by atoms with Crippen molar-refractivity contribution in [3.8, 4) is 0 Å². The molecule has 1 heterocycles. The smallest absolute Gasteiger partial charge is 0.286 e. The summed E-state index contributed by atoms with van der Waals surface area (Å²) in [7, 11) is -3.72. The van der Waals surface area contributed by atoms with Crippen molar-refractivity contribution in [1.82, 2.24) is 0 Å². The largest absolute Gasteiger partial charge is 0.342 e. The lowest BCUT2D eigenvalue weighted by molar-refractivity contribution is -0.116. The quantitative estimate of drug-likeness (QED) is 0.856. The number of benzene rings is 2. The number of rotatable bonds is 5. The second-order valence-electron chi connectivity index (χ2n) is 5.52. The topological polar surface area (TPSA) is 87.6 Å². The zero-order valence-electron chi connectivity index (χ0n) is 13.2. The van der Waals surface area contributed by atoms with E-state index in [9.17, 15) is 17.6 Å². The average Bonchev–Trinajstić information content (AvgIpc) is 2.56. The summed E-state index contributed by atoms with van der Waals surface area (Å²) in [6.07, 6.45) is 0.790. The van der Waals surface area contributed by atoms with Crippen LogP contribution in [0.15, 0.2) is 57.8 Å². The van der Waals surface area contributed by atoms with Gasteiger partial charge in [0.1, 0.15) is 16.5 Å². The van der Waals surface area contributed by atoms with Crippen molar-refractivity contribution in [1.29, 1.82) is 0 Å². The maximum atomic E-state index is 13.5. The van der Waals surface area contributed by atoms with Gasteiger partial charge in [0.25, 0.3) is 10.0 Å². The van der Waals surface area contributed by atoms with Crippen molar-refractivity contribution >= 4 is 33.1 Å². The van der Waals surface area contributed by atoms with Gasteiger partial charge in [-0.25, -0.2) is 4.39 Å². The van der Waals surface area contributed by atoms with Crippen LogP contribution in [-0.2, 0) is 14.8 Å². The van der Waals surface area contributed by atoms with Gasteiger partial charge in [-0.2, -0.15) is 8.42 Å². The van der Waals surface area contributed by atoms with Gasteiger partial charge in [-0.05, 0) is 30.7 Å². The summed E-state index contributed by atoms with van der Waals surface area (Å²) < 4.78 is 41.4. The highest BCUT2D eigenvalue weighted by molar-refractivity contribution is 7.90. The van der Waals surface area contributed by atoms with Crippen molar-refractivity contribution in [3.63, 3.8) is 0 Å². The Labute approximate surface area is 144 Å². The van der Waals surface area contributed by atoms with Gasteiger partial charge in [-0.3, -0.25) is 4.79 Å². The number of carbonyl (C=O) groups excluding carboxylic acids is 1. The molecular formula is C17H16FN3O3S. The Bertz CT molecular complexity index is 942. The molecule has 25 heavy (non-hydrogen) atoms. The Kier molecular flexibility index (Phi) is 4.80.